The molecule has 2 aliphatic heterocycles. The van der Waals surface area contributed by atoms with Gasteiger partial charge in [0.25, 0.3) is 0 Å². The molecule has 0 aliphatic carbocycles. The number of amides is 3. The summed E-state index contributed by atoms with van der Waals surface area (Å²) < 4.78 is 1.80. The zero-order valence-corrected chi connectivity index (χ0v) is 16.3. The number of hydrogen-bond donors (Lipinski definition) is 2. The van der Waals surface area contributed by atoms with Crippen LogP contribution >= 0.6 is 0 Å². The Hall–Kier alpha value is -3.36. The van der Waals surface area contributed by atoms with E-state index in [2.05, 4.69) is 10.4 Å². The second-order valence-corrected chi connectivity index (χ2v) is 7.54. The van der Waals surface area contributed by atoms with E-state index in [0.29, 0.717) is 24.3 Å². The van der Waals surface area contributed by atoms with Gasteiger partial charge in [-0.2, -0.15) is 5.10 Å². The topological polar surface area (TPSA) is 108 Å². The van der Waals surface area contributed by atoms with E-state index in [9.17, 15) is 19.5 Å². The summed E-state index contributed by atoms with van der Waals surface area (Å²) >= 11 is 0. The predicted octanol–water partition coefficient (Wildman–Crippen LogP) is 2.24. The van der Waals surface area contributed by atoms with Crippen molar-refractivity contribution in [2.45, 2.75) is 38.8 Å². The number of carbonyl (C=O) groups is 3. The molecule has 152 valence electrons. The van der Waals surface area contributed by atoms with E-state index in [1.807, 2.05) is 19.2 Å². The van der Waals surface area contributed by atoms with Crippen LogP contribution in [0.1, 0.15) is 32.7 Å². The molecular weight excluding hydrogens is 374 g/mol. The summed E-state index contributed by atoms with van der Waals surface area (Å²) in [5.74, 6) is -0.109. The first kappa shape index (κ1) is 19.0. The molecule has 3 amide bonds. The van der Waals surface area contributed by atoms with Crippen LogP contribution in [0.4, 0.5) is 16.2 Å². The molecule has 2 aromatic rings. The quantitative estimate of drug-likeness (QED) is 0.808. The Bertz CT molecular complexity index is 985. The van der Waals surface area contributed by atoms with Gasteiger partial charge in [-0.15, -0.1) is 0 Å². The van der Waals surface area contributed by atoms with E-state index < -0.39 is 6.09 Å². The van der Waals surface area contributed by atoms with Gasteiger partial charge in [-0.1, -0.05) is 6.07 Å². The van der Waals surface area contributed by atoms with Crippen LogP contribution in [0.15, 0.2) is 30.6 Å². The number of hydrogen-bond acceptors (Lipinski definition) is 4. The predicted molar refractivity (Wildman–Crippen MR) is 107 cm³/mol. The minimum atomic E-state index is -1.05. The summed E-state index contributed by atoms with van der Waals surface area (Å²) in [5, 5.41) is 16.9. The maximum absolute atomic E-state index is 12.1. The molecule has 2 aliphatic rings. The fraction of sp³-hybridized carbons (Fsp3) is 0.400. The Balaban J connectivity index is 1.70. The summed E-state index contributed by atoms with van der Waals surface area (Å²) in [5.41, 5.74) is 2.70. The lowest BCUT2D eigenvalue weighted by molar-refractivity contribution is -0.123. The SMILES string of the molecule is CC(=O)N1c2ccc(-c3cnn(C4CCNC(=O)C4)c3)cc2N(C(=O)O)C[C@@H]1C. The third-order valence-electron chi connectivity index (χ3n) is 5.51. The van der Waals surface area contributed by atoms with E-state index in [0.717, 1.165) is 17.5 Å². The summed E-state index contributed by atoms with van der Waals surface area (Å²) in [7, 11) is 0. The first-order valence-electron chi connectivity index (χ1n) is 9.60. The Morgan fingerprint density at radius 2 is 2.03 bits per heavy atom. The number of benzene rings is 1. The maximum atomic E-state index is 12.1. The largest absolute Gasteiger partial charge is 0.465 e. The molecule has 1 saturated heterocycles. The summed E-state index contributed by atoms with van der Waals surface area (Å²) in [6.45, 7) is 4.15. The summed E-state index contributed by atoms with van der Waals surface area (Å²) in [4.78, 5) is 38.5. The van der Waals surface area contributed by atoms with Crippen molar-refractivity contribution in [3.63, 3.8) is 0 Å². The highest BCUT2D eigenvalue weighted by atomic mass is 16.4. The fourth-order valence-corrected chi connectivity index (χ4v) is 4.14. The maximum Gasteiger partial charge on any atom is 0.411 e. The van der Waals surface area contributed by atoms with Gasteiger partial charge in [0.1, 0.15) is 0 Å². The lowest BCUT2D eigenvalue weighted by Gasteiger charge is -2.39. The zero-order valence-electron chi connectivity index (χ0n) is 16.3. The molecule has 0 bridgehead atoms. The highest BCUT2D eigenvalue weighted by Gasteiger charge is 2.33. The molecule has 1 fully saturated rings. The number of nitrogens with zero attached hydrogens (tertiary/aromatic N) is 4. The third kappa shape index (κ3) is 3.43. The van der Waals surface area contributed by atoms with Gasteiger partial charge in [0.2, 0.25) is 11.8 Å². The minimum absolute atomic E-state index is 0.0136. The molecule has 0 saturated carbocycles. The summed E-state index contributed by atoms with van der Waals surface area (Å²) in [6.07, 6.45) is 3.75. The molecule has 4 rings (SSSR count). The van der Waals surface area contributed by atoms with Crippen molar-refractivity contribution in [2.24, 2.45) is 0 Å². The lowest BCUT2D eigenvalue weighted by atomic mass is 10.0. The normalized spacial score (nSPS) is 21.5. The van der Waals surface area contributed by atoms with Crippen molar-refractivity contribution in [1.29, 1.82) is 0 Å². The van der Waals surface area contributed by atoms with Gasteiger partial charge >= 0.3 is 6.09 Å². The van der Waals surface area contributed by atoms with Crippen LogP contribution in [0.3, 0.4) is 0 Å². The third-order valence-corrected chi connectivity index (χ3v) is 5.51. The number of anilines is 2. The van der Waals surface area contributed by atoms with Gasteiger partial charge < -0.3 is 15.3 Å². The monoisotopic (exact) mass is 397 g/mol. The molecule has 3 heterocycles. The molecule has 1 aromatic carbocycles. The van der Waals surface area contributed by atoms with Gasteiger partial charge in [-0.3, -0.25) is 19.2 Å². The van der Waals surface area contributed by atoms with Gasteiger partial charge in [0.05, 0.1) is 29.7 Å². The summed E-state index contributed by atoms with van der Waals surface area (Å²) in [6, 6.07) is 5.19. The average Bonchev–Trinajstić information content (AvgIpc) is 3.16. The number of rotatable bonds is 2. The second kappa shape index (κ2) is 7.23. The zero-order chi connectivity index (χ0) is 20.7. The van der Waals surface area contributed by atoms with Crippen molar-refractivity contribution in [3.8, 4) is 11.1 Å². The number of nitrogens with one attached hydrogen (secondary N) is 1. The van der Waals surface area contributed by atoms with Gasteiger partial charge in [0, 0.05) is 38.2 Å². The van der Waals surface area contributed by atoms with Crippen molar-refractivity contribution in [2.75, 3.05) is 22.9 Å². The lowest BCUT2D eigenvalue weighted by Crippen LogP contribution is -2.51. The first-order chi connectivity index (χ1) is 13.8. The molecular formula is C20H23N5O4. The van der Waals surface area contributed by atoms with Crippen LogP contribution < -0.4 is 15.1 Å². The Labute approximate surface area is 167 Å². The van der Waals surface area contributed by atoms with E-state index in [-0.39, 0.29) is 30.4 Å². The van der Waals surface area contributed by atoms with Crippen LogP contribution in [0.5, 0.6) is 0 Å². The van der Waals surface area contributed by atoms with E-state index >= 15 is 0 Å². The van der Waals surface area contributed by atoms with Crippen molar-refractivity contribution < 1.29 is 19.5 Å². The van der Waals surface area contributed by atoms with Crippen molar-refractivity contribution >= 4 is 29.3 Å². The van der Waals surface area contributed by atoms with Crippen LogP contribution in [-0.2, 0) is 9.59 Å². The van der Waals surface area contributed by atoms with Crippen LogP contribution in [0, 0.1) is 0 Å². The van der Waals surface area contributed by atoms with Crippen LogP contribution in [0.2, 0.25) is 0 Å². The molecule has 2 N–H and O–H groups in total. The Morgan fingerprint density at radius 1 is 1.24 bits per heavy atom. The minimum Gasteiger partial charge on any atom is -0.465 e. The molecule has 2 atom stereocenters. The number of carboxylic acid groups (broad SMARTS) is 1. The fourth-order valence-electron chi connectivity index (χ4n) is 4.14. The van der Waals surface area contributed by atoms with Gasteiger partial charge in [0.15, 0.2) is 0 Å². The smallest absolute Gasteiger partial charge is 0.411 e. The first-order valence-corrected chi connectivity index (χ1v) is 9.60. The second-order valence-electron chi connectivity index (χ2n) is 7.54. The van der Waals surface area contributed by atoms with Gasteiger partial charge in [-0.25, -0.2) is 4.79 Å². The van der Waals surface area contributed by atoms with E-state index in [4.69, 9.17) is 0 Å². The van der Waals surface area contributed by atoms with E-state index in [1.54, 1.807) is 27.9 Å². The highest BCUT2D eigenvalue weighted by Crippen LogP contribution is 2.39. The standard InChI is InChI=1S/C20H23N5O4/c1-12-10-23(20(28)29)18-7-14(3-4-17(18)25(12)13(2)26)15-9-22-24(11-15)16-5-6-21-19(27)8-16/h3-4,7,9,11-12,16H,5-6,8,10H2,1-2H3,(H,21,27)(H,28,29)/t12-,16?/m0/s1. The van der Waals surface area contributed by atoms with Crippen LogP contribution in [0.25, 0.3) is 11.1 Å². The highest BCUT2D eigenvalue weighted by molar-refractivity contribution is 6.02. The van der Waals surface area contributed by atoms with Crippen molar-refractivity contribution in [1.82, 2.24) is 15.1 Å². The average molecular weight is 397 g/mol. The molecule has 9 heteroatoms. The Morgan fingerprint density at radius 3 is 2.72 bits per heavy atom. The van der Waals surface area contributed by atoms with Crippen LogP contribution in [-0.4, -0.2) is 51.9 Å². The van der Waals surface area contributed by atoms with Gasteiger partial charge in [-0.05, 0) is 31.0 Å². The molecule has 29 heavy (non-hydrogen) atoms. The van der Waals surface area contributed by atoms with Crippen molar-refractivity contribution in [3.05, 3.63) is 30.6 Å². The molecule has 0 radical (unpaired) electrons. The number of aromatic nitrogens is 2. The number of carbonyl (C=O) groups excluding carboxylic acids is 2. The number of fused-ring (bicyclic) bond motifs is 1. The van der Waals surface area contributed by atoms with E-state index in [1.165, 1.54) is 11.8 Å². The number of piperidine rings is 1. The molecule has 9 nitrogen and oxygen atoms in total. The molecule has 0 spiro atoms. The molecule has 1 unspecified atom stereocenters. The Kier molecular flexibility index (Phi) is 4.73. The molecule has 1 aromatic heterocycles.